The monoisotopic (exact) mass is 463 g/mol. The normalized spacial score (nSPS) is 13.1. The van der Waals surface area contributed by atoms with Crippen molar-refractivity contribution in [3.63, 3.8) is 0 Å². The topological polar surface area (TPSA) is 56.1 Å². The number of benzene rings is 3. The van der Waals surface area contributed by atoms with E-state index in [0.717, 1.165) is 48.3 Å². The van der Waals surface area contributed by atoms with Crippen molar-refractivity contribution in [2.75, 3.05) is 18.0 Å². The van der Waals surface area contributed by atoms with E-state index in [4.69, 9.17) is 28.5 Å². The molecular formula is C26H23Cl2N3O. The first kappa shape index (κ1) is 22.2. The van der Waals surface area contributed by atoms with Crippen molar-refractivity contribution in [3.05, 3.63) is 81.8 Å². The van der Waals surface area contributed by atoms with Crippen molar-refractivity contribution >= 4 is 40.5 Å². The molecule has 162 valence electrons. The van der Waals surface area contributed by atoms with Gasteiger partial charge in [-0.25, -0.2) is 0 Å². The van der Waals surface area contributed by atoms with Crippen molar-refractivity contribution in [1.29, 1.82) is 5.26 Å². The van der Waals surface area contributed by atoms with Gasteiger partial charge in [-0.3, -0.25) is 4.79 Å². The third kappa shape index (κ3) is 4.91. The molecule has 1 aliphatic rings. The smallest absolute Gasteiger partial charge is 0.251 e. The molecule has 0 saturated carbocycles. The Labute approximate surface area is 198 Å². The summed E-state index contributed by atoms with van der Waals surface area (Å²) in [5.41, 5.74) is 5.94. The maximum atomic E-state index is 12.4. The molecule has 32 heavy (non-hydrogen) atoms. The number of halogens is 2. The number of carbonyl (C=O) groups is 1. The van der Waals surface area contributed by atoms with Crippen LogP contribution in [0, 0.1) is 11.3 Å². The standard InChI is InChI=1S/C26H23Cl2N3O/c27-22-10-11-24(23(28)17-22)31-14-2-1-5-18-8-9-20(16-25(18)31)19-6-3-7-21(15-19)26(32)30-13-4-12-29/h3,6-11,15-17H,1-2,4-5,13-14H2,(H,30,32). The summed E-state index contributed by atoms with van der Waals surface area (Å²) in [6.07, 6.45) is 3.49. The number of aryl methyl sites for hydroxylation is 1. The van der Waals surface area contributed by atoms with Crippen molar-refractivity contribution in [2.24, 2.45) is 0 Å². The number of carbonyl (C=O) groups excluding carboxylic acids is 1. The van der Waals surface area contributed by atoms with E-state index in [9.17, 15) is 4.79 Å². The Hall–Kier alpha value is -3.00. The van der Waals surface area contributed by atoms with Crippen LogP contribution in [0.15, 0.2) is 60.7 Å². The Kier molecular flexibility index (Phi) is 6.99. The number of nitrogens with zero attached hydrogens (tertiary/aromatic N) is 2. The molecule has 3 aromatic carbocycles. The fourth-order valence-corrected chi connectivity index (χ4v) is 4.55. The number of fused-ring (bicyclic) bond motifs is 1. The minimum absolute atomic E-state index is 0.175. The van der Waals surface area contributed by atoms with Crippen molar-refractivity contribution in [3.8, 4) is 17.2 Å². The van der Waals surface area contributed by atoms with Crippen molar-refractivity contribution < 1.29 is 4.79 Å². The Morgan fingerprint density at radius 1 is 1.00 bits per heavy atom. The van der Waals surface area contributed by atoms with Crippen LogP contribution < -0.4 is 10.2 Å². The number of amides is 1. The lowest BCUT2D eigenvalue weighted by atomic mass is 9.98. The van der Waals surface area contributed by atoms with E-state index in [1.54, 1.807) is 12.1 Å². The van der Waals surface area contributed by atoms with Crippen LogP contribution in [0.4, 0.5) is 11.4 Å². The number of nitrogens with one attached hydrogen (secondary N) is 1. The Bertz CT molecular complexity index is 1190. The van der Waals surface area contributed by atoms with Gasteiger partial charge in [-0.05, 0) is 72.4 Å². The van der Waals surface area contributed by atoms with Crippen LogP contribution in [0.25, 0.3) is 11.1 Å². The van der Waals surface area contributed by atoms with Gasteiger partial charge in [-0.15, -0.1) is 0 Å². The molecule has 0 unspecified atom stereocenters. The Morgan fingerprint density at radius 3 is 2.66 bits per heavy atom. The fraction of sp³-hybridized carbons (Fsp3) is 0.231. The van der Waals surface area contributed by atoms with E-state index in [2.05, 4.69) is 28.4 Å². The second kappa shape index (κ2) is 10.1. The average Bonchev–Trinajstić information content (AvgIpc) is 3.01. The van der Waals surface area contributed by atoms with E-state index in [1.807, 2.05) is 36.4 Å². The summed E-state index contributed by atoms with van der Waals surface area (Å²) in [5.74, 6) is -0.175. The molecule has 4 nitrogen and oxygen atoms in total. The Balaban J connectivity index is 1.70. The van der Waals surface area contributed by atoms with E-state index in [-0.39, 0.29) is 5.91 Å². The van der Waals surface area contributed by atoms with Crippen molar-refractivity contribution in [1.82, 2.24) is 5.32 Å². The molecule has 4 rings (SSSR count). The molecule has 0 fully saturated rings. The number of anilines is 2. The number of hydrogen-bond donors (Lipinski definition) is 1. The Morgan fingerprint density at radius 2 is 1.84 bits per heavy atom. The molecule has 3 aromatic rings. The third-order valence-corrected chi connectivity index (χ3v) is 6.17. The molecule has 0 bridgehead atoms. The number of rotatable bonds is 5. The maximum Gasteiger partial charge on any atom is 0.251 e. The summed E-state index contributed by atoms with van der Waals surface area (Å²) in [5, 5.41) is 12.7. The van der Waals surface area contributed by atoms with E-state index >= 15 is 0 Å². The van der Waals surface area contributed by atoms with E-state index < -0.39 is 0 Å². The minimum Gasteiger partial charge on any atom is -0.351 e. The van der Waals surface area contributed by atoms with Crippen LogP contribution >= 0.6 is 23.2 Å². The highest BCUT2D eigenvalue weighted by Crippen LogP contribution is 2.39. The first-order valence-electron chi connectivity index (χ1n) is 10.7. The average molecular weight is 464 g/mol. The van der Waals surface area contributed by atoms with Crippen LogP contribution in [0.5, 0.6) is 0 Å². The summed E-state index contributed by atoms with van der Waals surface area (Å²) < 4.78 is 0. The molecule has 0 saturated heterocycles. The first-order valence-corrected chi connectivity index (χ1v) is 11.4. The third-order valence-electron chi connectivity index (χ3n) is 5.63. The molecule has 0 aromatic heterocycles. The fourth-order valence-electron chi connectivity index (χ4n) is 4.04. The van der Waals surface area contributed by atoms with Gasteiger partial charge in [-0.2, -0.15) is 5.26 Å². The van der Waals surface area contributed by atoms with Gasteiger partial charge in [-0.1, -0.05) is 47.5 Å². The molecule has 0 spiro atoms. The van der Waals surface area contributed by atoms with E-state index in [0.29, 0.717) is 28.6 Å². The molecule has 1 amide bonds. The molecule has 0 radical (unpaired) electrons. The highest BCUT2D eigenvalue weighted by molar-refractivity contribution is 6.36. The molecule has 1 heterocycles. The van der Waals surface area contributed by atoms with Crippen LogP contribution in [0.3, 0.4) is 0 Å². The van der Waals surface area contributed by atoms with E-state index in [1.165, 1.54) is 5.56 Å². The molecule has 0 aliphatic carbocycles. The zero-order valence-electron chi connectivity index (χ0n) is 17.6. The van der Waals surface area contributed by atoms with Crippen molar-refractivity contribution in [2.45, 2.75) is 25.7 Å². The lowest BCUT2D eigenvalue weighted by molar-refractivity contribution is 0.0954. The molecule has 0 atom stereocenters. The minimum atomic E-state index is -0.175. The van der Waals surface area contributed by atoms with Crippen LogP contribution in [0.2, 0.25) is 10.0 Å². The van der Waals surface area contributed by atoms with Gasteiger partial charge in [0.25, 0.3) is 5.91 Å². The van der Waals surface area contributed by atoms with Gasteiger partial charge in [0, 0.05) is 29.4 Å². The zero-order valence-corrected chi connectivity index (χ0v) is 19.1. The van der Waals surface area contributed by atoms with Gasteiger partial charge < -0.3 is 10.2 Å². The predicted molar refractivity (Wildman–Crippen MR) is 131 cm³/mol. The largest absolute Gasteiger partial charge is 0.351 e. The van der Waals surface area contributed by atoms with Crippen LogP contribution in [-0.4, -0.2) is 19.0 Å². The predicted octanol–water partition coefficient (Wildman–Crippen LogP) is 6.78. The van der Waals surface area contributed by atoms with Gasteiger partial charge in [0.2, 0.25) is 0 Å². The summed E-state index contributed by atoms with van der Waals surface area (Å²) >= 11 is 12.7. The number of hydrogen-bond acceptors (Lipinski definition) is 3. The zero-order chi connectivity index (χ0) is 22.5. The van der Waals surface area contributed by atoms with Gasteiger partial charge in [0.15, 0.2) is 0 Å². The molecular weight excluding hydrogens is 441 g/mol. The highest BCUT2D eigenvalue weighted by atomic mass is 35.5. The lowest BCUT2D eigenvalue weighted by Crippen LogP contribution is -2.24. The summed E-state index contributed by atoms with van der Waals surface area (Å²) in [6.45, 7) is 1.22. The van der Waals surface area contributed by atoms with Gasteiger partial charge >= 0.3 is 0 Å². The molecule has 1 aliphatic heterocycles. The SMILES string of the molecule is N#CCCNC(=O)c1cccc(-c2ccc3c(c2)N(c2ccc(Cl)cc2Cl)CCCC3)c1. The second-order valence-corrected chi connectivity index (χ2v) is 8.64. The quantitative estimate of drug-likeness (QED) is 0.424. The lowest BCUT2D eigenvalue weighted by Gasteiger charge is -2.27. The maximum absolute atomic E-state index is 12.4. The van der Waals surface area contributed by atoms with Gasteiger partial charge in [0.05, 0.1) is 23.2 Å². The van der Waals surface area contributed by atoms with Gasteiger partial charge in [0.1, 0.15) is 0 Å². The molecule has 1 N–H and O–H groups in total. The second-order valence-electron chi connectivity index (χ2n) is 7.79. The highest BCUT2D eigenvalue weighted by Gasteiger charge is 2.20. The summed E-state index contributed by atoms with van der Waals surface area (Å²) in [7, 11) is 0. The molecule has 6 heteroatoms. The van der Waals surface area contributed by atoms with Crippen LogP contribution in [0.1, 0.15) is 35.2 Å². The first-order chi connectivity index (χ1) is 15.6. The number of nitriles is 1. The summed E-state index contributed by atoms with van der Waals surface area (Å²) in [4.78, 5) is 14.7. The van der Waals surface area contributed by atoms with Crippen LogP contribution in [-0.2, 0) is 6.42 Å². The summed E-state index contributed by atoms with van der Waals surface area (Å²) in [6, 6.07) is 21.7.